The fourth-order valence-corrected chi connectivity index (χ4v) is 2.36. The first-order chi connectivity index (χ1) is 4.97. The van der Waals surface area contributed by atoms with Crippen molar-refractivity contribution in [3.8, 4) is 0 Å². The highest BCUT2D eigenvalue weighted by Crippen LogP contribution is 2.36. The molecule has 55 valence electrons. The molecule has 2 rings (SSSR count). The maximum Gasteiger partial charge on any atom is 0.150 e. The average molecular weight is 155 g/mol. The Kier molecular flexibility index (Phi) is 1.89. The first-order valence-electron chi connectivity index (χ1n) is 3.76. The first-order valence-corrected chi connectivity index (χ1v) is 4.70. The first kappa shape index (κ1) is 6.59. The number of hydrogen-bond acceptors (Lipinski definition) is 2. The van der Waals surface area contributed by atoms with E-state index in [1.54, 1.807) is 11.8 Å². The van der Waals surface area contributed by atoms with E-state index in [9.17, 15) is 0 Å². The predicted octanol–water partition coefficient (Wildman–Crippen LogP) is 2.55. The molecule has 1 nitrogen and oxygen atoms in total. The number of hydrogen-bond donors (Lipinski definition) is 0. The molecule has 1 aliphatic carbocycles. The van der Waals surface area contributed by atoms with Gasteiger partial charge in [-0.05, 0) is 19.3 Å². The lowest BCUT2D eigenvalue weighted by atomic mass is 10.1. The summed E-state index contributed by atoms with van der Waals surface area (Å²) in [4.78, 5) is 0. The average Bonchev–Trinajstić information content (AvgIpc) is 2.59. The maximum atomic E-state index is 5.39. The Bertz CT molecular complexity index is 130. The van der Waals surface area contributed by atoms with Crippen LogP contribution in [0.3, 0.4) is 0 Å². The Balaban J connectivity index is 1.87. The highest BCUT2D eigenvalue weighted by Gasteiger charge is 2.27. The number of thioether (sulfide) groups is 1. The van der Waals surface area contributed by atoms with Gasteiger partial charge in [0.1, 0.15) is 0 Å². The zero-order valence-corrected chi connectivity index (χ0v) is 6.64. The van der Waals surface area contributed by atoms with Crippen molar-refractivity contribution in [3.63, 3.8) is 0 Å². The summed E-state index contributed by atoms with van der Waals surface area (Å²) in [6.07, 6.45) is 8.15. The van der Waals surface area contributed by atoms with Gasteiger partial charge in [-0.3, -0.25) is 0 Å². The lowest BCUT2D eigenvalue weighted by Gasteiger charge is -2.15. The topological polar surface area (TPSA) is 9.23 Å². The Morgan fingerprint density at radius 2 is 2.50 bits per heavy atom. The van der Waals surface area contributed by atoms with Crippen LogP contribution in [0.25, 0.3) is 0 Å². The molecule has 2 aliphatic rings. The second-order valence-corrected chi connectivity index (χ2v) is 3.75. The van der Waals surface area contributed by atoms with Crippen molar-refractivity contribution in [2.45, 2.75) is 24.7 Å². The molecule has 10 heavy (non-hydrogen) atoms. The Morgan fingerprint density at radius 3 is 3.10 bits per heavy atom. The second kappa shape index (κ2) is 2.87. The molecule has 0 aromatic heterocycles. The molecule has 0 aromatic carbocycles. The summed E-state index contributed by atoms with van der Waals surface area (Å²) in [7, 11) is 0. The SMILES string of the molecule is [CH]1CCCC1C1OC=CS1. The van der Waals surface area contributed by atoms with Gasteiger partial charge in [0.25, 0.3) is 0 Å². The van der Waals surface area contributed by atoms with Crippen LogP contribution in [0, 0.1) is 12.3 Å². The van der Waals surface area contributed by atoms with Crippen LogP contribution in [0.5, 0.6) is 0 Å². The molecule has 2 unspecified atom stereocenters. The van der Waals surface area contributed by atoms with E-state index in [2.05, 4.69) is 6.42 Å². The van der Waals surface area contributed by atoms with Crippen LogP contribution in [0.1, 0.15) is 19.3 Å². The molecular weight excluding hydrogens is 144 g/mol. The molecule has 1 radical (unpaired) electrons. The van der Waals surface area contributed by atoms with Gasteiger partial charge in [0.2, 0.25) is 0 Å². The molecule has 1 heterocycles. The third kappa shape index (κ3) is 1.17. The highest BCUT2D eigenvalue weighted by atomic mass is 32.2. The van der Waals surface area contributed by atoms with Gasteiger partial charge in [0, 0.05) is 11.3 Å². The van der Waals surface area contributed by atoms with Crippen molar-refractivity contribution in [2.24, 2.45) is 5.92 Å². The van der Waals surface area contributed by atoms with Crippen LogP contribution in [-0.4, -0.2) is 5.44 Å². The molecule has 2 heteroatoms. The summed E-state index contributed by atoms with van der Waals surface area (Å²) >= 11 is 1.81. The summed E-state index contributed by atoms with van der Waals surface area (Å²) in [6.45, 7) is 0. The van der Waals surface area contributed by atoms with Crippen molar-refractivity contribution in [2.75, 3.05) is 0 Å². The normalized spacial score (nSPS) is 33.0. The Hall–Kier alpha value is -0.110. The smallest absolute Gasteiger partial charge is 0.150 e. The van der Waals surface area contributed by atoms with Crippen LogP contribution in [0.15, 0.2) is 11.7 Å². The highest BCUT2D eigenvalue weighted by molar-refractivity contribution is 8.02. The molecule has 0 bridgehead atoms. The van der Waals surface area contributed by atoms with Crippen LogP contribution in [0.2, 0.25) is 0 Å². The van der Waals surface area contributed by atoms with Crippen molar-refractivity contribution in [3.05, 3.63) is 18.1 Å². The maximum absolute atomic E-state index is 5.39. The van der Waals surface area contributed by atoms with Gasteiger partial charge in [0.05, 0.1) is 6.26 Å². The quantitative estimate of drug-likeness (QED) is 0.575. The molecule has 2 atom stereocenters. The third-order valence-electron chi connectivity index (χ3n) is 2.04. The summed E-state index contributed by atoms with van der Waals surface area (Å²) in [5, 5.41) is 2.04. The van der Waals surface area contributed by atoms with Crippen LogP contribution >= 0.6 is 11.8 Å². The molecule has 0 saturated heterocycles. The van der Waals surface area contributed by atoms with E-state index in [0.29, 0.717) is 11.4 Å². The van der Waals surface area contributed by atoms with Crippen molar-refractivity contribution < 1.29 is 4.74 Å². The van der Waals surface area contributed by atoms with Gasteiger partial charge in [-0.1, -0.05) is 18.2 Å². The fourth-order valence-electron chi connectivity index (χ4n) is 1.50. The van der Waals surface area contributed by atoms with E-state index in [1.165, 1.54) is 19.3 Å². The monoisotopic (exact) mass is 155 g/mol. The van der Waals surface area contributed by atoms with Crippen LogP contribution in [-0.2, 0) is 4.74 Å². The summed E-state index contributed by atoms with van der Waals surface area (Å²) in [5.74, 6) is 0.708. The summed E-state index contributed by atoms with van der Waals surface area (Å²) in [5.41, 5.74) is 0.405. The van der Waals surface area contributed by atoms with Crippen molar-refractivity contribution >= 4 is 11.8 Å². The Labute approximate surface area is 65.8 Å². The van der Waals surface area contributed by atoms with E-state index < -0.39 is 0 Å². The standard InChI is InChI=1S/C8H11OS/c1-2-4-7(3-1)8-9-5-6-10-8/h3,5-8H,1-2,4H2. The zero-order valence-electron chi connectivity index (χ0n) is 5.82. The minimum absolute atomic E-state index is 0.405. The second-order valence-electron chi connectivity index (χ2n) is 2.74. The molecule has 1 fully saturated rings. The van der Waals surface area contributed by atoms with E-state index in [4.69, 9.17) is 4.74 Å². The molecule has 0 N–H and O–H groups in total. The lowest BCUT2D eigenvalue weighted by molar-refractivity contribution is 0.187. The van der Waals surface area contributed by atoms with E-state index in [1.807, 2.05) is 11.7 Å². The van der Waals surface area contributed by atoms with Crippen molar-refractivity contribution in [1.82, 2.24) is 0 Å². The van der Waals surface area contributed by atoms with Gasteiger partial charge in [-0.15, -0.1) is 0 Å². The van der Waals surface area contributed by atoms with E-state index in [0.717, 1.165) is 0 Å². The lowest BCUT2D eigenvalue weighted by Crippen LogP contribution is -2.12. The Morgan fingerprint density at radius 1 is 1.50 bits per heavy atom. The largest absolute Gasteiger partial charge is 0.486 e. The molecule has 1 aliphatic heterocycles. The predicted molar refractivity (Wildman–Crippen MR) is 43.2 cm³/mol. The van der Waals surface area contributed by atoms with Gasteiger partial charge in [-0.25, -0.2) is 0 Å². The van der Waals surface area contributed by atoms with Gasteiger partial charge in [-0.2, -0.15) is 0 Å². The van der Waals surface area contributed by atoms with Crippen molar-refractivity contribution in [1.29, 1.82) is 0 Å². The minimum atomic E-state index is 0.405. The number of ether oxygens (including phenoxy) is 1. The van der Waals surface area contributed by atoms with Gasteiger partial charge in [0.15, 0.2) is 5.44 Å². The molecular formula is C8H11OS. The molecule has 0 aromatic rings. The van der Waals surface area contributed by atoms with Gasteiger partial charge >= 0.3 is 0 Å². The van der Waals surface area contributed by atoms with E-state index >= 15 is 0 Å². The fraction of sp³-hybridized carbons (Fsp3) is 0.625. The summed E-state index contributed by atoms with van der Waals surface area (Å²) < 4.78 is 5.39. The molecule has 0 amide bonds. The molecule has 1 saturated carbocycles. The van der Waals surface area contributed by atoms with Crippen LogP contribution < -0.4 is 0 Å². The number of rotatable bonds is 1. The summed E-state index contributed by atoms with van der Waals surface area (Å²) in [6, 6.07) is 0. The van der Waals surface area contributed by atoms with Crippen LogP contribution in [0.4, 0.5) is 0 Å². The van der Waals surface area contributed by atoms with E-state index in [-0.39, 0.29) is 0 Å². The zero-order chi connectivity index (χ0) is 6.81. The van der Waals surface area contributed by atoms with Gasteiger partial charge < -0.3 is 4.74 Å². The minimum Gasteiger partial charge on any atom is -0.486 e. The molecule has 0 spiro atoms. The third-order valence-corrected chi connectivity index (χ3v) is 3.04.